The molecule has 0 saturated carbocycles. The maximum Gasteiger partial charge on any atom is 0.221 e. The highest BCUT2D eigenvalue weighted by molar-refractivity contribution is 14.1. The van der Waals surface area contributed by atoms with Gasteiger partial charge in [0.25, 0.3) is 0 Å². The van der Waals surface area contributed by atoms with E-state index in [1.165, 1.54) is 5.69 Å². The second kappa shape index (κ2) is 11.1. The molecule has 202 valence electrons. The Morgan fingerprint density at radius 2 is 2.03 bits per heavy atom. The third-order valence-electron chi connectivity index (χ3n) is 7.08. The number of rotatable bonds is 9. The molecule has 10 nitrogen and oxygen atoms in total. The molecule has 1 unspecified atom stereocenters. The molecule has 0 amide bonds. The first-order valence-corrected chi connectivity index (χ1v) is 14.0. The van der Waals surface area contributed by atoms with E-state index >= 15 is 0 Å². The molecule has 0 aliphatic carbocycles. The molecule has 0 radical (unpaired) electrons. The van der Waals surface area contributed by atoms with Crippen LogP contribution in [0.4, 0.5) is 0 Å². The molecule has 1 fully saturated rings. The summed E-state index contributed by atoms with van der Waals surface area (Å²) < 4.78 is 19.3. The Morgan fingerprint density at radius 1 is 1.21 bits per heavy atom. The Balaban J connectivity index is 1.41. The largest absolute Gasteiger partial charge is 0.476 e. The lowest BCUT2D eigenvalue weighted by atomic mass is 10.1. The second-order valence-electron chi connectivity index (χ2n) is 9.88. The summed E-state index contributed by atoms with van der Waals surface area (Å²) in [6.07, 6.45) is 6.79. The van der Waals surface area contributed by atoms with Crippen LogP contribution in [0.3, 0.4) is 0 Å². The number of halogens is 1. The van der Waals surface area contributed by atoms with Gasteiger partial charge in [0.2, 0.25) is 5.88 Å². The smallest absolute Gasteiger partial charge is 0.221 e. The van der Waals surface area contributed by atoms with Gasteiger partial charge in [-0.1, -0.05) is 6.58 Å². The molecule has 1 atom stereocenters. The van der Waals surface area contributed by atoms with Crippen molar-refractivity contribution in [1.29, 1.82) is 0 Å². The summed E-state index contributed by atoms with van der Waals surface area (Å²) in [7, 11) is 5.97. The number of ether oxygens (including phenoxy) is 2. The van der Waals surface area contributed by atoms with E-state index in [4.69, 9.17) is 19.6 Å². The third-order valence-corrected chi connectivity index (χ3v) is 7.98. The highest BCUT2D eigenvalue weighted by Gasteiger charge is 2.25. The van der Waals surface area contributed by atoms with Gasteiger partial charge in [0.05, 0.1) is 49.3 Å². The summed E-state index contributed by atoms with van der Waals surface area (Å²) in [4.78, 5) is 7.25. The first-order valence-electron chi connectivity index (χ1n) is 12.9. The number of aryl methyl sites for hydroxylation is 4. The SMILES string of the molecule is C=Cc1nn(C2CCCCO2)c2c(C)nc(-c3c(C)nn(C)c3OCCN(C)Cc3c(I)cnn3C)cc12. The van der Waals surface area contributed by atoms with E-state index in [0.717, 1.165) is 81.8 Å². The van der Waals surface area contributed by atoms with Gasteiger partial charge in [-0.05, 0) is 74.9 Å². The van der Waals surface area contributed by atoms with Gasteiger partial charge in [-0.2, -0.15) is 15.3 Å². The number of pyridine rings is 1. The van der Waals surface area contributed by atoms with Crippen LogP contribution in [0.15, 0.2) is 18.8 Å². The summed E-state index contributed by atoms with van der Waals surface area (Å²) >= 11 is 2.33. The second-order valence-corrected chi connectivity index (χ2v) is 11.0. The van der Waals surface area contributed by atoms with Crippen molar-refractivity contribution < 1.29 is 9.47 Å². The Hall–Kier alpha value is -2.77. The highest BCUT2D eigenvalue weighted by atomic mass is 127. The number of hydrogen-bond acceptors (Lipinski definition) is 7. The normalized spacial score (nSPS) is 16.0. The molecule has 1 saturated heterocycles. The molecule has 38 heavy (non-hydrogen) atoms. The zero-order chi connectivity index (χ0) is 27.0. The van der Waals surface area contributed by atoms with Crippen LogP contribution in [-0.4, -0.2) is 66.0 Å². The van der Waals surface area contributed by atoms with Gasteiger partial charge in [0.15, 0.2) is 6.23 Å². The van der Waals surface area contributed by atoms with Crippen molar-refractivity contribution in [1.82, 2.24) is 39.2 Å². The molecule has 4 aromatic heterocycles. The van der Waals surface area contributed by atoms with Crippen LogP contribution in [0.1, 0.15) is 48.3 Å². The molecular weight excluding hydrogens is 595 g/mol. The minimum atomic E-state index is -0.0723. The van der Waals surface area contributed by atoms with Gasteiger partial charge in [-0.25, -0.2) is 9.36 Å². The van der Waals surface area contributed by atoms with Crippen molar-refractivity contribution in [2.24, 2.45) is 14.1 Å². The fourth-order valence-electron chi connectivity index (χ4n) is 5.12. The highest BCUT2D eigenvalue weighted by Crippen LogP contribution is 2.36. The molecule has 5 heterocycles. The lowest BCUT2D eigenvalue weighted by Gasteiger charge is -2.23. The number of fused-ring (bicyclic) bond motifs is 1. The van der Waals surface area contributed by atoms with Crippen LogP contribution in [0.5, 0.6) is 5.88 Å². The van der Waals surface area contributed by atoms with Crippen molar-refractivity contribution in [3.05, 3.63) is 45.2 Å². The molecule has 1 aliphatic rings. The van der Waals surface area contributed by atoms with Crippen molar-refractivity contribution in [2.45, 2.75) is 45.9 Å². The molecule has 0 spiro atoms. The van der Waals surface area contributed by atoms with Crippen molar-refractivity contribution >= 4 is 39.6 Å². The summed E-state index contributed by atoms with van der Waals surface area (Å²) in [5.41, 5.74) is 6.50. The number of likely N-dealkylation sites (N-methyl/N-ethyl adjacent to an activating group) is 1. The monoisotopic (exact) mass is 630 g/mol. The van der Waals surface area contributed by atoms with Crippen LogP contribution in [0.25, 0.3) is 28.2 Å². The van der Waals surface area contributed by atoms with E-state index in [0.29, 0.717) is 12.5 Å². The van der Waals surface area contributed by atoms with Gasteiger partial charge in [0.1, 0.15) is 6.61 Å². The third kappa shape index (κ3) is 5.10. The van der Waals surface area contributed by atoms with Gasteiger partial charge >= 0.3 is 0 Å². The molecule has 4 aromatic rings. The predicted molar refractivity (Wildman–Crippen MR) is 156 cm³/mol. The minimum Gasteiger partial charge on any atom is -0.476 e. The molecule has 0 aromatic carbocycles. The summed E-state index contributed by atoms with van der Waals surface area (Å²) in [6.45, 7) is 10.9. The fraction of sp³-hybridized carbons (Fsp3) is 0.481. The van der Waals surface area contributed by atoms with Crippen LogP contribution in [-0.2, 0) is 25.4 Å². The Labute approximate surface area is 236 Å². The Bertz CT molecular complexity index is 1440. The van der Waals surface area contributed by atoms with Crippen LogP contribution >= 0.6 is 22.6 Å². The number of aromatic nitrogens is 7. The summed E-state index contributed by atoms with van der Waals surface area (Å²) in [5, 5.41) is 14.9. The fourth-order valence-corrected chi connectivity index (χ4v) is 5.76. The van der Waals surface area contributed by atoms with E-state index in [-0.39, 0.29) is 6.23 Å². The first-order chi connectivity index (χ1) is 18.3. The first kappa shape index (κ1) is 26.8. The predicted octanol–water partition coefficient (Wildman–Crippen LogP) is 4.64. The summed E-state index contributed by atoms with van der Waals surface area (Å²) in [5.74, 6) is 0.709. The van der Waals surface area contributed by atoms with E-state index < -0.39 is 0 Å². The average molecular weight is 631 g/mol. The van der Waals surface area contributed by atoms with E-state index in [1.54, 1.807) is 10.8 Å². The lowest BCUT2D eigenvalue weighted by Crippen LogP contribution is -2.25. The maximum absolute atomic E-state index is 6.34. The van der Waals surface area contributed by atoms with E-state index in [1.807, 2.05) is 43.5 Å². The van der Waals surface area contributed by atoms with Gasteiger partial charge in [-0.15, -0.1) is 0 Å². The molecule has 0 bridgehead atoms. The maximum atomic E-state index is 6.34. The topological polar surface area (TPSA) is 88.0 Å². The average Bonchev–Trinajstić information content (AvgIpc) is 3.53. The van der Waals surface area contributed by atoms with E-state index in [9.17, 15) is 0 Å². The summed E-state index contributed by atoms with van der Waals surface area (Å²) in [6, 6.07) is 2.08. The van der Waals surface area contributed by atoms with Crippen LogP contribution < -0.4 is 4.74 Å². The Morgan fingerprint density at radius 3 is 2.71 bits per heavy atom. The van der Waals surface area contributed by atoms with Crippen LogP contribution in [0.2, 0.25) is 0 Å². The van der Waals surface area contributed by atoms with E-state index in [2.05, 4.69) is 57.4 Å². The number of hydrogen-bond donors (Lipinski definition) is 0. The van der Waals surface area contributed by atoms with Crippen molar-refractivity contribution in [3.63, 3.8) is 0 Å². The molecular formula is C27H35IN8O2. The van der Waals surface area contributed by atoms with Gasteiger partial charge in [0, 0.05) is 39.2 Å². The minimum absolute atomic E-state index is 0.0723. The Kier molecular flexibility index (Phi) is 7.87. The van der Waals surface area contributed by atoms with Gasteiger partial charge in [-0.3, -0.25) is 14.6 Å². The lowest BCUT2D eigenvalue weighted by molar-refractivity contribution is -0.0368. The zero-order valence-electron chi connectivity index (χ0n) is 22.7. The molecule has 1 aliphatic heterocycles. The quantitative estimate of drug-likeness (QED) is 0.249. The standard InChI is InChI=1S/C27H35IN8O2/c1-7-21-19-14-22(30-18(3)26(19)36(32-21)24-10-8-9-12-37-24)25-17(2)31-35(6)27(25)38-13-11-33(4)16-23-20(28)15-29-34(23)5/h7,14-15,24H,1,8-13,16H2,2-6H3. The van der Waals surface area contributed by atoms with Crippen molar-refractivity contribution in [2.75, 3.05) is 26.8 Å². The molecule has 0 N–H and O–H groups in total. The van der Waals surface area contributed by atoms with Crippen molar-refractivity contribution in [3.8, 4) is 17.1 Å². The van der Waals surface area contributed by atoms with Crippen LogP contribution in [0, 0.1) is 17.4 Å². The molecule has 5 rings (SSSR count). The molecule has 11 heteroatoms. The number of nitrogens with zero attached hydrogens (tertiary/aromatic N) is 8. The zero-order valence-corrected chi connectivity index (χ0v) is 24.9. The van der Waals surface area contributed by atoms with Gasteiger partial charge < -0.3 is 9.47 Å².